The Hall–Kier alpha value is -1.55. The van der Waals surface area contributed by atoms with Gasteiger partial charge in [0.1, 0.15) is 4.88 Å². The fraction of sp³-hybridized carbons (Fsp3) is 0.250. The van der Waals surface area contributed by atoms with Gasteiger partial charge in [-0.2, -0.15) is 0 Å². The number of esters is 1. The minimum atomic E-state index is -0.372. The van der Waals surface area contributed by atoms with Gasteiger partial charge in [0.15, 0.2) is 0 Å². The van der Waals surface area contributed by atoms with Gasteiger partial charge in [0, 0.05) is 10.1 Å². The van der Waals surface area contributed by atoms with Crippen molar-refractivity contribution in [2.75, 3.05) is 12.8 Å². The SMILES string of the molecule is CC.COC(=O)c1sc2ccccc2c1N. The van der Waals surface area contributed by atoms with E-state index < -0.39 is 0 Å². The number of anilines is 1. The topological polar surface area (TPSA) is 52.3 Å². The van der Waals surface area contributed by atoms with Crippen LogP contribution in [0, 0.1) is 0 Å². The average molecular weight is 237 g/mol. The number of rotatable bonds is 1. The normalized spacial score (nSPS) is 9.44. The number of nitrogen functional groups attached to an aromatic ring is 1. The molecule has 0 aliphatic heterocycles. The van der Waals surface area contributed by atoms with Crippen molar-refractivity contribution in [1.29, 1.82) is 0 Å². The first kappa shape index (κ1) is 12.5. The van der Waals surface area contributed by atoms with Crippen LogP contribution in [-0.2, 0) is 4.74 Å². The van der Waals surface area contributed by atoms with Gasteiger partial charge in [-0.05, 0) is 6.07 Å². The molecular weight excluding hydrogens is 222 g/mol. The van der Waals surface area contributed by atoms with Crippen molar-refractivity contribution >= 4 is 33.1 Å². The van der Waals surface area contributed by atoms with Crippen LogP contribution in [0.2, 0.25) is 0 Å². The molecule has 0 bridgehead atoms. The van der Waals surface area contributed by atoms with E-state index in [1.807, 2.05) is 38.1 Å². The van der Waals surface area contributed by atoms with Crippen LogP contribution in [0.5, 0.6) is 0 Å². The molecule has 0 atom stereocenters. The molecular formula is C12H15NO2S. The van der Waals surface area contributed by atoms with Crippen molar-refractivity contribution in [3.05, 3.63) is 29.1 Å². The minimum absolute atomic E-state index is 0.372. The molecule has 3 nitrogen and oxygen atoms in total. The zero-order valence-corrected chi connectivity index (χ0v) is 10.4. The standard InChI is InChI=1S/C10H9NO2S.C2H6/c1-13-10(12)9-8(11)6-4-2-3-5-7(6)14-9;1-2/h2-5H,11H2,1H3;1-2H3. The van der Waals surface area contributed by atoms with E-state index in [1.54, 1.807) is 0 Å². The Balaban J connectivity index is 0.000000606. The summed E-state index contributed by atoms with van der Waals surface area (Å²) >= 11 is 1.36. The second-order valence-corrected chi connectivity index (χ2v) is 3.88. The molecule has 0 radical (unpaired) electrons. The summed E-state index contributed by atoms with van der Waals surface area (Å²) in [5.41, 5.74) is 6.34. The third-order valence-electron chi connectivity index (χ3n) is 2.00. The highest BCUT2D eigenvalue weighted by Gasteiger charge is 2.15. The van der Waals surface area contributed by atoms with Gasteiger partial charge < -0.3 is 10.5 Å². The Labute approximate surface area is 98.8 Å². The molecule has 0 fully saturated rings. The van der Waals surface area contributed by atoms with Crippen molar-refractivity contribution in [1.82, 2.24) is 0 Å². The molecule has 16 heavy (non-hydrogen) atoms. The van der Waals surface area contributed by atoms with Gasteiger partial charge in [-0.1, -0.05) is 32.0 Å². The van der Waals surface area contributed by atoms with Gasteiger partial charge in [0.2, 0.25) is 0 Å². The molecule has 1 aromatic heterocycles. The lowest BCUT2D eigenvalue weighted by Crippen LogP contribution is -2.01. The van der Waals surface area contributed by atoms with Crippen molar-refractivity contribution < 1.29 is 9.53 Å². The lowest BCUT2D eigenvalue weighted by Gasteiger charge is -1.95. The number of fused-ring (bicyclic) bond motifs is 1. The Morgan fingerprint density at radius 3 is 2.50 bits per heavy atom. The van der Waals surface area contributed by atoms with Gasteiger partial charge in [0.05, 0.1) is 12.8 Å². The molecule has 2 rings (SSSR count). The lowest BCUT2D eigenvalue weighted by molar-refractivity contribution is 0.0607. The summed E-state index contributed by atoms with van der Waals surface area (Å²) in [5.74, 6) is -0.372. The average Bonchev–Trinajstić information content (AvgIpc) is 2.69. The number of ether oxygens (including phenoxy) is 1. The molecule has 1 aromatic carbocycles. The number of carbonyl (C=O) groups excluding carboxylic acids is 1. The number of nitrogens with two attached hydrogens (primary N) is 1. The highest BCUT2D eigenvalue weighted by Crippen LogP contribution is 2.33. The Morgan fingerprint density at radius 2 is 1.94 bits per heavy atom. The van der Waals surface area contributed by atoms with E-state index in [0.29, 0.717) is 10.6 Å². The van der Waals surface area contributed by atoms with Crippen LogP contribution in [0.4, 0.5) is 5.69 Å². The quantitative estimate of drug-likeness (QED) is 0.774. The summed E-state index contributed by atoms with van der Waals surface area (Å²) in [6, 6.07) is 7.64. The number of benzene rings is 1. The van der Waals surface area contributed by atoms with Crippen LogP contribution in [0.15, 0.2) is 24.3 Å². The fourth-order valence-electron chi connectivity index (χ4n) is 1.31. The zero-order valence-electron chi connectivity index (χ0n) is 9.61. The molecule has 0 saturated heterocycles. The Bertz CT molecular complexity index is 491. The van der Waals surface area contributed by atoms with Crippen molar-refractivity contribution in [2.45, 2.75) is 13.8 Å². The molecule has 0 amide bonds. The second-order valence-electron chi connectivity index (χ2n) is 2.83. The van der Waals surface area contributed by atoms with E-state index in [0.717, 1.165) is 10.1 Å². The predicted molar refractivity (Wildman–Crippen MR) is 68.9 cm³/mol. The molecule has 0 aliphatic carbocycles. The van der Waals surface area contributed by atoms with E-state index in [1.165, 1.54) is 18.4 Å². The van der Waals surface area contributed by atoms with E-state index >= 15 is 0 Å². The molecule has 0 unspecified atom stereocenters. The maximum atomic E-state index is 11.3. The first-order valence-corrected chi connectivity index (χ1v) is 5.91. The lowest BCUT2D eigenvalue weighted by atomic mass is 10.2. The zero-order chi connectivity index (χ0) is 12.1. The number of methoxy groups -OCH3 is 1. The smallest absolute Gasteiger partial charge is 0.350 e. The minimum Gasteiger partial charge on any atom is -0.465 e. The number of carbonyl (C=O) groups is 1. The first-order valence-electron chi connectivity index (χ1n) is 5.09. The fourth-order valence-corrected chi connectivity index (χ4v) is 2.35. The predicted octanol–water partition coefficient (Wildman–Crippen LogP) is 3.30. The largest absolute Gasteiger partial charge is 0.465 e. The van der Waals surface area contributed by atoms with E-state index in [9.17, 15) is 4.79 Å². The van der Waals surface area contributed by atoms with Crippen LogP contribution in [0.1, 0.15) is 23.5 Å². The third kappa shape index (κ3) is 2.17. The molecule has 2 aromatic rings. The summed E-state index contributed by atoms with van der Waals surface area (Å²) in [7, 11) is 1.35. The number of hydrogen-bond donors (Lipinski definition) is 1. The van der Waals surface area contributed by atoms with Crippen molar-refractivity contribution in [3.63, 3.8) is 0 Å². The number of thiophene rings is 1. The maximum Gasteiger partial charge on any atom is 0.350 e. The Morgan fingerprint density at radius 1 is 1.31 bits per heavy atom. The van der Waals surface area contributed by atoms with Crippen LogP contribution in [0.25, 0.3) is 10.1 Å². The van der Waals surface area contributed by atoms with Gasteiger partial charge in [-0.3, -0.25) is 0 Å². The van der Waals surface area contributed by atoms with Gasteiger partial charge >= 0.3 is 5.97 Å². The van der Waals surface area contributed by atoms with Crippen LogP contribution >= 0.6 is 11.3 Å². The summed E-state index contributed by atoms with van der Waals surface area (Å²) in [6.07, 6.45) is 0. The van der Waals surface area contributed by atoms with Crippen LogP contribution < -0.4 is 5.73 Å². The second kappa shape index (κ2) is 5.51. The van der Waals surface area contributed by atoms with Crippen LogP contribution in [0.3, 0.4) is 0 Å². The summed E-state index contributed by atoms with van der Waals surface area (Å²) in [6.45, 7) is 4.00. The van der Waals surface area contributed by atoms with E-state index in [4.69, 9.17) is 5.73 Å². The number of hydrogen-bond acceptors (Lipinski definition) is 4. The van der Waals surface area contributed by atoms with Crippen LogP contribution in [-0.4, -0.2) is 13.1 Å². The van der Waals surface area contributed by atoms with Gasteiger partial charge in [0.25, 0.3) is 0 Å². The molecule has 86 valence electrons. The van der Waals surface area contributed by atoms with E-state index in [-0.39, 0.29) is 5.97 Å². The molecule has 0 spiro atoms. The van der Waals surface area contributed by atoms with Gasteiger partial charge in [-0.25, -0.2) is 4.79 Å². The van der Waals surface area contributed by atoms with Gasteiger partial charge in [-0.15, -0.1) is 11.3 Å². The summed E-state index contributed by atoms with van der Waals surface area (Å²) in [4.78, 5) is 11.8. The molecule has 2 N–H and O–H groups in total. The molecule has 0 saturated carbocycles. The molecule has 1 heterocycles. The highest BCUT2D eigenvalue weighted by atomic mass is 32.1. The summed E-state index contributed by atoms with van der Waals surface area (Å²) in [5, 5.41) is 0.915. The summed E-state index contributed by atoms with van der Waals surface area (Å²) < 4.78 is 5.64. The van der Waals surface area contributed by atoms with Crippen molar-refractivity contribution in [2.24, 2.45) is 0 Å². The Kier molecular flexibility index (Phi) is 4.31. The maximum absolute atomic E-state index is 11.3. The molecule has 0 aliphatic rings. The highest BCUT2D eigenvalue weighted by molar-refractivity contribution is 7.21. The van der Waals surface area contributed by atoms with Crippen molar-refractivity contribution in [3.8, 4) is 0 Å². The monoisotopic (exact) mass is 237 g/mol. The molecule has 4 heteroatoms. The third-order valence-corrected chi connectivity index (χ3v) is 3.17. The first-order chi connectivity index (χ1) is 7.74. The van der Waals surface area contributed by atoms with E-state index in [2.05, 4.69) is 4.74 Å².